The van der Waals surface area contributed by atoms with Crippen molar-refractivity contribution in [3.05, 3.63) is 41.2 Å². The first-order chi connectivity index (χ1) is 13.0. The fourth-order valence-electron chi connectivity index (χ4n) is 4.98. The van der Waals surface area contributed by atoms with E-state index in [0.29, 0.717) is 11.8 Å². The van der Waals surface area contributed by atoms with E-state index in [1.165, 1.54) is 36.8 Å². The molecule has 3 nitrogen and oxygen atoms in total. The molecule has 2 aromatic rings. The second kappa shape index (κ2) is 7.79. The van der Waals surface area contributed by atoms with Crippen LogP contribution in [0.5, 0.6) is 0 Å². The summed E-state index contributed by atoms with van der Waals surface area (Å²) in [5.41, 5.74) is 5.12. The van der Waals surface area contributed by atoms with Gasteiger partial charge in [-0.1, -0.05) is 44.1 Å². The molecule has 1 heterocycles. The summed E-state index contributed by atoms with van der Waals surface area (Å²) < 4.78 is 0. The third-order valence-corrected chi connectivity index (χ3v) is 7.03. The van der Waals surface area contributed by atoms with E-state index in [0.717, 1.165) is 42.2 Å². The molecule has 2 aliphatic rings. The molecule has 2 N–H and O–H groups in total. The van der Waals surface area contributed by atoms with Gasteiger partial charge in [0.1, 0.15) is 5.82 Å². The summed E-state index contributed by atoms with van der Waals surface area (Å²) in [5, 5.41) is 3.82. The number of allylic oxidation sites excluding steroid dienone is 1. The van der Waals surface area contributed by atoms with Gasteiger partial charge in [-0.15, -0.1) is 0 Å². The maximum absolute atomic E-state index is 4.91. The SMILES string of the molecule is CC1=C[C@@H](CNC2CCC2)[C@H](C(C)C)C[C@H]1Cc1nc2c(C)cccc2[nH]1. The van der Waals surface area contributed by atoms with Crippen molar-refractivity contribution in [2.24, 2.45) is 23.7 Å². The Morgan fingerprint density at radius 3 is 2.70 bits per heavy atom. The van der Waals surface area contributed by atoms with Crippen LogP contribution in [-0.4, -0.2) is 22.6 Å². The van der Waals surface area contributed by atoms with Gasteiger partial charge < -0.3 is 10.3 Å². The van der Waals surface area contributed by atoms with E-state index in [2.05, 4.69) is 62.3 Å². The molecule has 0 unspecified atom stereocenters. The average Bonchev–Trinajstić information content (AvgIpc) is 2.99. The van der Waals surface area contributed by atoms with Crippen LogP contribution >= 0.6 is 0 Å². The molecule has 0 aliphatic heterocycles. The van der Waals surface area contributed by atoms with Crippen molar-refractivity contribution in [3.8, 4) is 0 Å². The zero-order chi connectivity index (χ0) is 19.0. The Labute approximate surface area is 164 Å². The van der Waals surface area contributed by atoms with E-state index in [9.17, 15) is 0 Å². The molecule has 3 atom stereocenters. The molecular weight excluding hydrogens is 330 g/mol. The minimum absolute atomic E-state index is 0.609. The van der Waals surface area contributed by atoms with Gasteiger partial charge in [-0.25, -0.2) is 4.98 Å². The quantitative estimate of drug-likeness (QED) is 0.672. The van der Waals surface area contributed by atoms with E-state index in [1.807, 2.05) is 0 Å². The van der Waals surface area contributed by atoms with Crippen LogP contribution in [0.15, 0.2) is 29.8 Å². The second-order valence-corrected chi connectivity index (χ2v) is 9.31. The minimum Gasteiger partial charge on any atom is -0.342 e. The van der Waals surface area contributed by atoms with Gasteiger partial charge in [-0.2, -0.15) is 0 Å². The van der Waals surface area contributed by atoms with E-state index in [1.54, 1.807) is 5.57 Å². The Balaban J connectivity index is 1.49. The summed E-state index contributed by atoms with van der Waals surface area (Å²) in [7, 11) is 0. The fraction of sp³-hybridized carbons (Fsp3) is 0.625. The van der Waals surface area contributed by atoms with Gasteiger partial charge in [0.2, 0.25) is 0 Å². The van der Waals surface area contributed by atoms with E-state index in [4.69, 9.17) is 4.98 Å². The first-order valence-corrected chi connectivity index (χ1v) is 10.9. The van der Waals surface area contributed by atoms with Crippen LogP contribution in [0.3, 0.4) is 0 Å². The molecule has 4 rings (SSSR count). The van der Waals surface area contributed by atoms with Gasteiger partial charge in [0, 0.05) is 19.0 Å². The fourth-order valence-corrected chi connectivity index (χ4v) is 4.98. The minimum atomic E-state index is 0.609. The normalized spacial score (nSPS) is 26.4. The summed E-state index contributed by atoms with van der Waals surface area (Å²) in [4.78, 5) is 8.48. The van der Waals surface area contributed by atoms with Crippen molar-refractivity contribution < 1.29 is 0 Å². The maximum atomic E-state index is 4.91. The molecule has 2 aliphatic carbocycles. The van der Waals surface area contributed by atoms with E-state index < -0.39 is 0 Å². The van der Waals surface area contributed by atoms with Gasteiger partial charge in [-0.05, 0) is 68.4 Å². The number of aromatic amines is 1. The van der Waals surface area contributed by atoms with Crippen molar-refractivity contribution in [3.63, 3.8) is 0 Å². The predicted octanol–water partition coefficient (Wildman–Crippen LogP) is 5.41. The summed E-state index contributed by atoms with van der Waals surface area (Å²) in [6.45, 7) is 10.4. The lowest BCUT2D eigenvalue weighted by Gasteiger charge is -2.38. The number of hydrogen-bond donors (Lipinski definition) is 2. The Hall–Kier alpha value is -1.61. The number of hydrogen-bond acceptors (Lipinski definition) is 2. The molecule has 0 bridgehead atoms. The molecule has 1 aromatic heterocycles. The van der Waals surface area contributed by atoms with Crippen LogP contribution in [0.1, 0.15) is 57.8 Å². The van der Waals surface area contributed by atoms with Crippen molar-refractivity contribution in [2.75, 3.05) is 6.54 Å². The van der Waals surface area contributed by atoms with Crippen molar-refractivity contribution >= 4 is 11.0 Å². The smallest absolute Gasteiger partial charge is 0.107 e. The summed E-state index contributed by atoms with van der Waals surface area (Å²) in [6, 6.07) is 7.18. The van der Waals surface area contributed by atoms with Gasteiger partial charge in [0.05, 0.1) is 11.0 Å². The zero-order valence-electron chi connectivity index (χ0n) is 17.4. The molecule has 1 aromatic carbocycles. The zero-order valence-corrected chi connectivity index (χ0v) is 17.4. The monoisotopic (exact) mass is 365 g/mol. The van der Waals surface area contributed by atoms with Crippen molar-refractivity contribution in [1.82, 2.24) is 15.3 Å². The highest BCUT2D eigenvalue weighted by Gasteiger charge is 2.32. The highest BCUT2D eigenvalue weighted by atomic mass is 14.9. The average molecular weight is 366 g/mol. The summed E-state index contributed by atoms with van der Waals surface area (Å²) in [6.07, 6.45) is 9.05. The molecule has 0 spiro atoms. The Morgan fingerprint density at radius 2 is 2.04 bits per heavy atom. The van der Waals surface area contributed by atoms with Gasteiger partial charge in [0.15, 0.2) is 0 Å². The van der Waals surface area contributed by atoms with E-state index in [-0.39, 0.29) is 0 Å². The largest absolute Gasteiger partial charge is 0.342 e. The predicted molar refractivity (Wildman–Crippen MR) is 114 cm³/mol. The number of para-hydroxylation sites is 1. The number of nitrogens with one attached hydrogen (secondary N) is 2. The Kier molecular flexibility index (Phi) is 5.41. The molecule has 0 amide bonds. The first kappa shape index (κ1) is 18.7. The lowest BCUT2D eigenvalue weighted by molar-refractivity contribution is 0.208. The summed E-state index contributed by atoms with van der Waals surface area (Å²) >= 11 is 0. The van der Waals surface area contributed by atoms with Gasteiger partial charge in [-0.3, -0.25) is 0 Å². The molecule has 1 saturated carbocycles. The second-order valence-electron chi connectivity index (χ2n) is 9.31. The lowest BCUT2D eigenvalue weighted by atomic mass is 9.69. The van der Waals surface area contributed by atoms with Crippen LogP contribution in [0, 0.1) is 30.6 Å². The molecule has 146 valence electrons. The van der Waals surface area contributed by atoms with Crippen molar-refractivity contribution in [1.29, 1.82) is 0 Å². The number of imidazole rings is 1. The number of aromatic nitrogens is 2. The molecular formula is C24H35N3. The topological polar surface area (TPSA) is 40.7 Å². The van der Waals surface area contributed by atoms with Crippen LogP contribution in [0.2, 0.25) is 0 Å². The number of benzene rings is 1. The van der Waals surface area contributed by atoms with Crippen molar-refractivity contribution in [2.45, 2.75) is 65.8 Å². The van der Waals surface area contributed by atoms with Crippen LogP contribution < -0.4 is 5.32 Å². The molecule has 0 saturated heterocycles. The lowest BCUT2D eigenvalue weighted by Crippen LogP contribution is -2.41. The van der Waals surface area contributed by atoms with Gasteiger partial charge >= 0.3 is 0 Å². The van der Waals surface area contributed by atoms with Crippen LogP contribution in [0.4, 0.5) is 0 Å². The van der Waals surface area contributed by atoms with Crippen LogP contribution in [-0.2, 0) is 6.42 Å². The summed E-state index contributed by atoms with van der Waals surface area (Å²) in [5.74, 6) is 3.92. The molecule has 3 heteroatoms. The third kappa shape index (κ3) is 3.99. The Bertz CT molecular complexity index is 812. The maximum Gasteiger partial charge on any atom is 0.107 e. The van der Waals surface area contributed by atoms with Crippen LogP contribution in [0.25, 0.3) is 11.0 Å². The number of fused-ring (bicyclic) bond motifs is 1. The standard InChI is InChI=1S/C24H35N3/c1-15(2)21-12-18(17(4)11-19(21)14-25-20-8-6-9-20)13-23-26-22-10-5-7-16(3)24(22)27-23/h5,7,10-11,15,18-21,25H,6,8-9,12-14H2,1-4H3,(H,26,27)/t18-,19-,21-/m0/s1. The number of H-pyrrole nitrogens is 1. The number of rotatable bonds is 6. The molecule has 0 radical (unpaired) electrons. The third-order valence-electron chi connectivity index (χ3n) is 7.03. The van der Waals surface area contributed by atoms with Gasteiger partial charge in [0.25, 0.3) is 0 Å². The molecule has 1 fully saturated rings. The first-order valence-electron chi connectivity index (χ1n) is 10.9. The number of aryl methyl sites for hydroxylation is 1. The number of nitrogens with zero attached hydrogens (tertiary/aromatic N) is 1. The molecule has 27 heavy (non-hydrogen) atoms. The Morgan fingerprint density at radius 1 is 1.22 bits per heavy atom. The highest BCUT2D eigenvalue weighted by Crippen LogP contribution is 2.39. The highest BCUT2D eigenvalue weighted by molar-refractivity contribution is 5.78. The van der Waals surface area contributed by atoms with E-state index >= 15 is 0 Å².